The highest BCUT2D eigenvalue weighted by Gasteiger charge is 2.28. The van der Waals surface area contributed by atoms with Crippen LogP contribution in [0.1, 0.15) is 12.5 Å². The van der Waals surface area contributed by atoms with E-state index in [0.717, 1.165) is 6.20 Å². The minimum absolute atomic E-state index is 0.121. The Bertz CT molecular complexity index is 1150. The highest BCUT2D eigenvalue weighted by atomic mass is 35.5. The Kier molecular flexibility index (Phi) is 5.05. The van der Waals surface area contributed by atoms with Crippen molar-refractivity contribution in [2.75, 3.05) is 5.01 Å². The summed E-state index contributed by atoms with van der Waals surface area (Å²) in [6.07, 6.45) is 2.64. The Morgan fingerprint density at radius 2 is 1.93 bits per heavy atom. The molecule has 6 nitrogen and oxygen atoms in total. The lowest BCUT2D eigenvalue weighted by Crippen LogP contribution is -2.21. The third-order valence-electron chi connectivity index (χ3n) is 4.13. The van der Waals surface area contributed by atoms with Gasteiger partial charge < -0.3 is 4.74 Å². The fourth-order valence-corrected chi connectivity index (χ4v) is 2.90. The lowest BCUT2D eigenvalue weighted by atomic mass is 10.1. The summed E-state index contributed by atoms with van der Waals surface area (Å²) < 4.78 is 19.3. The molecule has 0 bridgehead atoms. The molecule has 0 radical (unpaired) electrons. The average molecular weight is 409 g/mol. The topological polar surface area (TPSA) is 67.7 Å². The van der Waals surface area contributed by atoms with Crippen molar-refractivity contribution in [1.82, 2.24) is 9.97 Å². The number of hydrazone groups is 1. The molecule has 1 aliphatic rings. The third kappa shape index (κ3) is 4.00. The molecule has 0 saturated heterocycles. The molecule has 0 atom stereocenters. The number of aromatic nitrogens is 2. The Morgan fingerprint density at radius 3 is 2.72 bits per heavy atom. The van der Waals surface area contributed by atoms with Gasteiger partial charge in [0.2, 0.25) is 11.1 Å². The third-order valence-corrected chi connectivity index (χ3v) is 4.31. The lowest BCUT2D eigenvalue weighted by molar-refractivity contribution is -0.114. The van der Waals surface area contributed by atoms with Crippen LogP contribution in [0.5, 0.6) is 11.6 Å². The lowest BCUT2D eigenvalue weighted by Gasteiger charge is -2.11. The van der Waals surface area contributed by atoms with Crippen molar-refractivity contribution in [2.24, 2.45) is 5.10 Å². The first-order valence-corrected chi connectivity index (χ1v) is 9.02. The van der Waals surface area contributed by atoms with Crippen LogP contribution in [-0.2, 0) is 4.79 Å². The molecule has 0 spiro atoms. The largest absolute Gasteiger partial charge is 0.436 e. The quantitative estimate of drug-likeness (QED) is 0.456. The molecule has 2 aromatic carbocycles. The summed E-state index contributed by atoms with van der Waals surface area (Å²) in [4.78, 5) is 20.1. The number of para-hydroxylation sites is 1. The summed E-state index contributed by atoms with van der Waals surface area (Å²) in [6, 6.07) is 16.0. The van der Waals surface area contributed by atoms with E-state index in [4.69, 9.17) is 16.3 Å². The zero-order valence-electron chi connectivity index (χ0n) is 15.2. The molecule has 0 unspecified atom stereocenters. The fraction of sp³-hybridized carbons (Fsp3) is 0.0476. The van der Waals surface area contributed by atoms with Gasteiger partial charge in [-0.15, -0.1) is 0 Å². The first-order chi connectivity index (χ1) is 14.0. The van der Waals surface area contributed by atoms with E-state index in [-0.39, 0.29) is 17.1 Å². The van der Waals surface area contributed by atoms with Gasteiger partial charge in [0, 0.05) is 0 Å². The normalized spacial score (nSPS) is 15.0. The molecule has 0 N–H and O–H groups in total. The molecule has 0 saturated carbocycles. The Labute approximate surface area is 170 Å². The van der Waals surface area contributed by atoms with E-state index in [0.29, 0.717) is 28.3 Å². The van der Waals surface area contributed by atoms with Crippen molar-refractivity contribution >= 4 is 35.0 Å². The zero-order valence-corrected chi connectivity index (χ0v) is 16.0. The Hall–Kier alpha value is -3.58. The SMILES string of the molecule is CC1=NN(c2ccccc2)C(=O)/C1=C\c1cccc(Oc2nc(Cl)ncc2F)c1. The van der Waals surface area contributed by atoms with Crippen LogP contribution in [0.3, 0.4) is 0 Å². The number of carbonyl (C=O) groups is 1. The van der Waals surface area contributed by atoms with Crippen LogP contribution in [0.25, 0.3) is 6.08 Å². The second kappa shape index (κ2) is 7.81. The summed E-state index contributed by atoms with van der Waals surface area (Å²) in [6.45, 7) is 1.77. The number of benzene rings is 2. The van der Waals surface area contributed by atoms with Crippen LogP contribution in [0.2, 0.25) is 5.28 Å². The molecule has 1 aliphatic heterocycles. The van der Waals surface area contributed by atoms with Crippen molar-refractivity contribution in [3.05, 3.63) is 83.0 Å². The molecule has 29 heavy (non-hydrogen) atoms. The van der Waals surface area contributed by atoms with Gasteiger partial charge in [-0.1, -0.05) is 30.3 Å². The number of carbonyl (C=O) groups excluding carboxylic acids is 1. The van der Waals surface area contributed by atoms with E-state index in [9.17, 15) is 9.18 Å². The number of hydrogen-bond acceptors (Lipinski definition) is 5. The second-order valence-electron chi connectivity index (χ2n) is 6.16. The number of hydrogen-bond donors (Lipinski definition) is 0. The van der Waals surface area contributed by atoms with E-state index in [1.807, 2.05) is 30.3 Å². The molecule has 144 valence electrons. The highest BCUT2D eigenvalue weighted by Crippen LogP contribution is 2.27. The van der Waals surface area contributed by atoms with Gasteiger partial charge in [-0.3, -0.25) is 4.79 Å². The van der Waals surface area contributed by atoms with Crippen molar-refractivity contribution < 1.29 is 13.9 Å². The van der Waals surface area contributed by atoms with Crippen LogP contribution in [-0.4, -0.2) is 21.6 Å². The number of amides is 1. The van der Waals surface area contributed by atoms with E-state index < -0.39 is 5.82 Å². The van der Waals surface area contributed by atoms with Crippen LogP contribution in [0.15, 0.2) is 71.5 Å². The second-order valence-corrected chi connectivity index (χ2v) is 6.50. The molecule has 8 heteroatoms. The fourth-order valence-electron chi connectivity index (χ4n) is 2.78. The number of ether oxygens (including phenoxy) is 1. The van der Waals surface area contributed by atoms with Gasteiger partial charge in [-0.2, -0.15) is 19.5 Å². The van der Waals surface area contributed by atoms with Gasteiger partial charge in [0.25, 0.3) is 11.8 Å². The van der Waals surface area contributed by atoms with Gasteiger partial charge in [0.1, 0.15) is 5.75 Å². The summed E-state index contributed by atoms with van der Waals surface area (Å²) in [7, 11) is 0. The summed E-state index contributed by atoms with van der Waals surface area (Å²) in [5.41, 5.74) is 2.44. The maximum absolute atomic E-state index is 13.8. The molecule has 4 rings (SSSR count). The number of rotatable bonds is 4. The molecule has 1 aromatic heterocycles. The highest BCUT2D eigenvalue weighted by molar-refractivity contribution is 6.32. The smallest absolute Gasteiger partial charge is 0.280 e. The molecule has 0 aliphatic carbocycles. The first-order valence-electron chi connectivity index (χ1n) is 8.64. The van der Waals surface area contributed by atoms with Gasteiger partial charge in [-0.25, -0.2) is 4.98 Å². The predicted molar refractivity (Wildman–Crippen MR) is 109 cm³/mol. The van der Waals surface area contributed by atoms with E-state index in [1.165, 1.54) is 5.01 Å². The van der Waals surface area contributed by atoms with E-state index in [1.54, 1.807) is 37.3 Å². The van der Waals surface area contributed by atoms with Gasteiger partial charge in [-0.05, 0) is 54.4 Å². The van der Waals surface area contributed by atoms with Crippen LogP contribution in [0.4, 0.5) is 10.1 Å². The number of nitrogens with zero attached hydrogens (tertiary/aromatic N) is 4. The van der Waals surface area contributed by atoms with Crippen molar-refractivity contribution in [3.8, 4) is 11.6 Å². The van der Waals surface area contributed by atoms with Crippen LogP contribution in [0, 0.1) is 5.82 Å². The van der Waals surface area contributed by atoms with Gasteiger partial charge in [0.15, 0.2) is 0 Å². The molecule has 1 amide bonds. The minimum Gasteiger partial charge on any atom is -0.436 e. The summed E-state index contributed by atoms with van der Waals surface area (Å²) >= 11 is 5.69. The van der Waals surface area contributed by atoms with Crippen molar-refractivity contribution in [3.63, 3.8) is 0 Å². The Balaban J connectivity index is 1.60. The molecule has 0 fully saturated rings. The number of halogens is 2. The minimum atomic E-state index is -0.731. The maximum Gasteiger partial charge on any atom is 0.280 e. The van der Waals surface area contributed by atoms with Crippen LogP contribution >= 0.6 is 11.6 Å². The monoisotopic (exact) mass is 408 g/mol. The van der Waals surface area contributed by atoms with E-state index in [2.05, 4.69) is 15.1 Å². The van der Waals surface area contributed by atoms with Crippen molar-refractivity contribution in [2.45, 2.75) is 6.92 Å². The molecular formula is C21H14ClFN4O2. The number of anilines is 1. The summed E-state index contributed by atoms with van der Waals surface area (Å²) in [5, 5.41) is 5.59. The van der Waals surface area contributed by atoms with Gasteiger partial charge in [0.05, 0.1) is 23.2 Å². The van der Waals surface area contributed by atoms with E-state index >= 15 is 0 Å². The standard InChI is InChI=1S/C21H14ClFN4O2/c1-13-17(20(28)27(26-13)15-7-3-2-4-8-15)11-14-6-5-9-16(10-14)29-19-18(23)12-24-21(22)25-19/h2-12H,1H3/b17-11-. The zero-order chi connectivity index (χ0) is 20.4. The van der Waals surface area contributed by atoms with Crippen molar-refractivity contribution in [1.29, 1.82) is 0 Å². The molecular weight excluding hydrogens is 395 g/mol. The summed E-state index contributed by atoms with van der Waals surface area (Å²) in [5.74, 6) is -0.896. The average Bonchev–Trinajstić information content (AvgIpc) is 3.00. The Morgan fingerprint density at radius 1 is 1.14 bits per heavy atom. The first kappa shape index (κ1) is 18.8. The predicted octanol–water partition coefficient (Wildman–Crippen LogP) is 4.87. The maximum atomic E-state index is 13.8. The van der Waals surface area contributed by atoms with Gasteiger partial charge >= 0.3 is 0 Å². The molecule has 2 heterocycles. The molecule has 3 aromatic rings. The van der Waals surface area contributed by atoms with Crippen LogP contribution < -0.4 is 9.75 Å².